The van der Waals surface area contributed by atoms with Crippen LogP contribution in [-0.4, -0.2) is 35.6 Å². The number of hydrogen-bond donors (Lipinski definition) is 2. The monoisotopic (exact) mass is 409 g/mol. The Morgan fingerprint density at radius 3 is 2.48 bits per heavy atom. The SMILES string of the molecule is C#CCNS(=O)(=O)c1ccc(C(=O)NC(Cn2cncn2)c2ccccc2)cc1. The predicted molar refractivity (Wildman–Crippen MR) is 107 cm³/mol. The van der Waals surface area contributed by atoms with Gasteiger partial charge in [0.2, 0.25) is 10.0 Å². The van der Waals surface area contributed by atoms with Crippen LogP contribution in [0, 0.1) is 12.3 Å². The lowest BCUT2D eigenvalue weighted by Gasteiger charge is -2.19. The van der Waals surface area contributed by atoms with E-state index < -0.39 is 10.0 Å². The van der Waals surface area contributed by atoms with Gasteiger partial charge in [-0.2, -0.15) is 9.82 Å². The molecule has 2 aromatic carbocycles. The highest BCUT2D eigenvalue weighted by Crippen LogP contribution is 2.16. The van der Waals surface area contributed by atoms with E-state index in [9.17, 15) is 13.2 Å². The van der Waals surface area contributed by atoms with Gasteiger partial charge in [-0.25, -0.2) is 13.4 Å². The number of sulfonamides is 1. The lowest BCUT2D eigenvalue weighted by atomic mass is 10.1. The number of benzene rings is 2. The zero-order valence-corrected chi connectivity index (χ0v) is 16.2. The molecule has 3 aromatic rings. The summed E-state index contributed by atoms with van der Waals surface area (Å²) in [6.07, 6.45) is 8.08. The van der Waals surface area contributed by atoms with Crippen LogP contribution in [0.1, 0.15) is 22.0 Å². The minimum Gasteiger partial charge on any atom is -0.343 e. The van der Waals surface area contributed by atoms with Crippen molar-refractivity contribution in [1.82, 2.24) is 24.8 Å². The first-order valence-corrected chi connectivity index (χ1v) is 10.2. The third-order valence-corrected chi connectivity index (χ3v) is 5.55. The average molecular weight is 409 g/mol. The van der Waals surface area contributed by atoms with Crippen molar-refractivity contribution in [2.75, 3.05) is 6.54 Å². The lowest BCUT2D eigenvalue weighted by Crippen LogP contribution is -2.31. The third kappa shape index (κ3) is 5.28. The second-order valence-electron chi connectivity index (χ2n) is 6.11. The lowest BCUT2D eigenvalue weighted by molar-refractivity contribution is 0.0931. The molecule has 0 bridgehead atoms. The smallest absolute Gasteiger partial charge is 0.251 e. The summed E-state index contributed by atoms with van der Waals surface area (Å²) in [6.45, 7) is 0.295. The summed E-state index contributed by atoms with van der Waals surface area (Å²) in [5.74, 6) is 1.88. The Bertz CT molecular complexity index is 1090. The minimum atomic E-state index is -3.71. The Balaban J connectivity index is 1.76. The summed E-state index contributed by atoms with van der Waals surface area (Å²) < 4.78 is 28.1. The highest BCUT2D eigenvalue weighted by Gasteiger charge is 2.18. The van der Waals surface area contributed by atoms with E-state index in [4.69, 9.17) is 6.42 Å². The number of nitrogens with zero attached hydrogens (tertiary/aromatic N) is 3. The van der Waals surface area contributed by atoms with Gasteiger partial charge in [0.05, 0.1) is 24.0 Å². The van der Waals surface area contributed by atoms with Gasteiger partial charge in [0.25, 0.3) is 5.91 Å². The van der Waals surface area contributed by atoms with Crippen molar-refractivity contribution in [2.45, 2.75) is 17.5 Å². The van der Waals surface area contributed by atoms with E-state index in [1.54, 1.807) is 11.0 Å². The number of carbonyl (C=O) groups excluding carboxylic acids is 1. The molecule has 8 nitrogen and oxygen atoms in total. The molecule has 0 saturated carbocycles. The van der Waals surface area contributed by atoms with Crippen LogP contribution >= 0.6 is 0 Å². The molecule has 0 saturated heterocycles. The zero-order valence-electron chi connectivity index (χ0n) is 15.4. The number of nitrogens with one attached hydrogen (secondary N) is 2. The Labute approximate surface area is 169 Å². The number of rotatable bonds is 8. The van der Waals surface area contributed by atoms with Crippen molar-refractivity contribution < 1.29 is 13.2 Å². The van der Waals surface area contributed by atoms with Crippen LogP contribution in [0.2, 0.25) is 0 Å². The van der Waals surface area contributed by atoms with E-state index in [-0.39, 0.29) is 23.4 Å². The maximum Gasteiger partial charge on any atom is 0.251 e. The van der Waals surface area contributed by atoms with E-state index in [2.05, 4.69) is 26.0 Å². The average Bonchev–Trinajstić information content (AvgIpc) is 3.26. The molecule has 2 N–H and O–H groups in total. The van der Waals surface area contributed by atoms with Crippen LogP contribution in [0.3, 0.4) is 0 Å². The van der Waals surface area contributed by atoms with Gasteiger partial charge < -0.3 is 5.32 Å². The molecule has 29 heavy (non-hydrogen) atoms. The minimum absolute atomic E-state index is 0.0338. The number of hydrogen-bond acceptors (Lipinski definition) is 5. The standard InChI is InChI=1S/C20H19N5O3S/c1-2-12-23-29(27,28)18-10-8-17(9-11-18)20(26)24-19(13-25-15-21-14-22-25)16-6-4-3-5-7-16/h1,3-11,14-15,19,23H,12-13H2,(H,24,26). The molecule has 9 heteroatoms. The van der Waals surface area contributed by atoms with Crippen LogP contribution in [0.15, 0.2) is 72.1 Å². The second-order valence-corrected chi connectivity index (χ2v) is 7.87. The maximum absolute atomic E-state index is 12.7. The molecule has 0 radical (unpaired) electrons. The highest BCUT2D eigenvalue weighted by molar-refractivity contribution is 7.89. The van der Waals surface area contributed by atoms with Gasteiger partial charge in [0.1, 0.15) is 12.7 Å². The number of carbonyl (C=O) groups is 1. The van der Waals surface area contributed by atoms with Gasteiger partial charge in [-0.05, 0) is 29.8 Å². The number of aromatic nitrogens is 3. The van der Waals surface area contributed by atoms with E-state index in [0.29, 0.717) is 12.1 Å². The molecule has 0 aliphatic heterocycles. The largest absolute Gasteiger partial charge is 0.343 e. The van der Waals surface area contributed by atoms with E-state index >= 15 is 0 Å². The van der Waals surface area contributed by atoms with E-state index in [1.807, 2.05) is 30.3 Å². The van der Waals surface area contributed by atoms with Crippen LogP contribution < -0.4 is 10.0 Å². The first kappa shape index (κ1) is 20.3. The van der Waals surface area contributed by atoms with Crippen LogP contribution in [-0.2, 0) is 16.6 Å². The summed E-state index contributed by atoms with van der Waals surface area (Å²) in [6, 6.07) is 14.8. The van der Waals surface area contributed by atoms with Gasteiger partial charge in [0.15, 0.2) is 0 Å². The molecule has 0 fully saturated rings. The molecule has 0 aliphatic carbocycles. The van der Waals surface area contributed by atoms with Gasteiger partial charge in [-0.15, -0.1) is 6.42 Å². The fourth-order valence-corrected chi connectivity index (χ4v) is 3.62. The molecule has 0 aliphatic rings. The zero-order chi connectivity index (χ0) is 20.7. The van der Waals surface area contributed by atoms with E-state index in [1.165, 1.54) is 30.6 Å². The topological polar surface area (TPSA) is 106 Å². The molecule has 0 spiro atoms. The Morgan fingerprint density at radius 2 is 1.86 bits per heavy atom. The normalized spacial score (nSPS) is 12.1. The van der Waals surface area contributed by atoms with Crippen LogP contribution in [0.25, 0.3) is 0 Å². The summed E-state index contributed by atoms with van der Waals surface area (Å²) in [7, 11) is -3.71. The number of amides is 1. The molecule has 148 valence electrons. The molecule has 1 amide bonds. The molecule has 1 unspecified atom stereocenters. The molecule has 1 aromatic heterocycles. The summed E-state index contributed by atoms with van der Waals surface area (Å²) >= 11 is 0. The Morgan fingerprint density at radius 1 is 1.14 bits per heavy atom. The third-order valence-electron chi connectivity index (χ3n) is 4.13. The first-order chi connectivity index (χ1) is 14.0. The summed E-state index contributed by atoms with van der Waals surface area (Å²) in [4.78, 5) is 16.7. The Kier molecular flexibility index (Phi) is 6.39. The van der Waals surface area contributed by atoms with E-state index in [0.717, 1.165) is 5.56 Å². The van der Waals surface area contributed by atoms with Crippen LogP contribution in [0.4, 0.5) is 0 Å². The fourth-order valence-electron chi connectivity index (χ4n) is 2.68. The van der Waals surface area contributed by atoms with Crippen molar-refractivity contribution in [3.8, 4) is 12.3 Å². The van der Waals surface area contributed by atoms with Crippen molar-refractivity contribution in [1.29, 1.82) is 0 Å². The van der Waals surface area contributed by atoms with Crippen molar-refractivity contribution in [2.24, 2.45) is 0 Å². The molecular weight excluding hydrogens is 390 g/mol. The maximum atomic E-state index is 12.7. The van der Waals surface area contributed by atoms with Crippen molar-refractivity contribution >= 4 is 15.9 Å². The molecule has 1 heterocycles. The second kappa shape index (κ2) is 9.14. The fraction of sp³-hybridized carbons (Fsp3) is 0.150. The highest BCUT2D eigenvalue weighted by atomic mass is 32.2. The number of terminal acetylenes is 1. The van der Waals surface area contributed by atoms with Crippen LogP contribution in [0.5, 0.6) is 0 Å². The molecule has 1 atom stereocenters. The van der Waals surface area contributed by atoms with Gasteiger partial charge in [-0.1, -0.05) is 36.3 Å². The molecule has 3 rings (SSSR count). The van der Waals surface area contributed by atoms with Gasteiger partial charge >= 0.3 is 0 Å². The Hall–Kier alpha value is -3.48. The molecular formula is C20H19N5O3S. The van der Waals surface area contributed by atoms with Crippen molar-refractivity contribution in [3.05, 3.63) is 78.4 Å². The van der Waals surface area contributed by atoms with Crippen molar-refractivity contribution in [3.63, 3.8) is 0 Å². The van der Waals surface area contributed by atoms with Gasteiger partial charge in [-0.3, -0.25) is 9.48 Å². The first-order valence-electron chi connectivity index (χ1n) is 8.71. The quantitative estimate of drug-likeness (QED) is 0.547. The van der Waals surface area contributed by atoms with Gasteiger partial charge in [0, 0.05) is 5.56 Å². The summed E-state index contributed by atoms with van der Waals surface area (Å²) in [5, 5.41) is 7.05. The predicted octanol–water partition coefficient (Wildman–Crippen LogP) is 1.36. The summed E-state index contributed by atoms with van der Waals surface area (Å²) in [5.41, 5.74) is 1.24.